The minimum atomic E-state index is -3.71. The SMILES string of the molecule is CCCn1c(=O)sc2cc(S(=O)(=O)N[C@H](C)COc3ccccc3)ccc21. The van der Waals surface area contributed by atoms with Crippen molar-refractivity contribution < 1.29 is 13.2 Å². The molecular weight excluding hydrogens is 384 g/mol. The van der Waals surface area contributed by atoms with Crippen LogP contribution in [0.5, 0.6) is 5.75 Å². The molecule has 8 heteroatoms. The standard InChI is InChI=1S/C19H22N2O4S2/c1-3-11-21-17-10-9-16(12-18(17)26-19(21)22)27(23,24)20-14(2)13-25-15-7-5-4-6-8-15/h4-10,12,14,20H,3,11,13H2,1-2H3/t14-/m1/s1. The van der Waals surface area contributed by atoms with Crippen LogP contribution in [0.15, 0.2) is 58.2 Å². The van der Waals surface area contributed by atoms with Crippen molar-refractivity contribution in [3.63, 3.8) is 0 Å². The first kappa shape index (κ1) is 19.6. The van der Waals surface area contributed by atoms with Crippen LogP contribution in [-0.4, -0.2) is 25.6 Å². The van der Waals surface area contributed by atoms with Gasteiger partial charge in [0.1, 0.15) is 12.4 Å². The van der Waals surface area contributed by atoms with Gasteiger partial charge in [-0.2, -0.15) is 0 Å². The highest BCUT2D eigenvalue weighted by atomic mass is 32.2. The Hall–Kier alpha value is -2.16. The van der Waals surface area contributed by atoms with Gasteiger partial charge < -0.3 is 4.74 Å². The Balaban J connectivity index is 1.75. The smallest absolute Gasteiger partial charge is 0.308 e. The third-order valence-corrected chi connectivity index (χ3v) is 6.53. The average Bonchev–Trinajstić information content (AvgIpc) is 2.96. The van der Waals surface area contributed by atoms with Crippen LogP contribution in [0.4, 0.5) is 0 Å². The molecule has 0 saturated heterocycles. The minimum absolute atomic E-state index is 0.0704. The summed E-state index contributed by atoms with van der Waals surface area (Å²) in [4.78, 5) is 12.2. The van der Waals surface area contributed by atoms with Gasteiger partial charge in [-0.3, -0.25) is 9.36 Å². The molecule has 6 nitrogen and oxygen atoms in total. The highest BCUT2D eigenvalue weighted by Crippen LogP contribution is 2.22. The zero-order chi connectivity index (χ0) is 19.4. The number of rotatable bonds is 8. The van der Waals surface area contributed by atoms with E-state index in [9.17, 15) is 13.2 Å². The van der Waals surface area contributed by atoms with Crippen molar-refractivity contribution in [3.8, 4) is 5.75 Å². The molecule has 0 unspecified atom stereocenters. The number of benzene rings is 2. The number of hydrogen-bond acceptors (Lipinski definition) is 5. The number of ether oxygens (including phenoxy) is 1. The number of fused-ring (bicyclic) bond motifs is 1. The molecule has 0 amide bonds. The van der Waals surface area contributed by atoms with Crippen molar-refractivity contribution in [2.75, 3.05) is 6.61 Å². The summed E-state index contributed by atoms with van der Waals surface area (Å²) >= 11 is 1.07. The van der Waals surface area contributed by atoms with Crippen molar-refractivity contribution in [3.05, 3.63) is 58.2 Å². The molecule has 0 saturated carbocycles. The summed E-state index contributed by atoms with van der Waals surface area (Å²) in [5.41, 5.74) is 0.770. The van der Waals surface area contributed by atoms with E-state index < -0.39 is 16.1 Å². The van der Waals surface area contributed by atoms with Crippen LogP contribution >= 0.6 is 11.3 Å². The first-order valence-corrected chi connectivity index (χ1v) is 11.0. The lowest BCUT2D eigenvalue weighted by Gasteiger charge is -2.15. The van der Waals surface area contributed by atoms with Crippen LogP contribution in [-0.2, 0) is 16.6 Å². The van der Waals surface area contributed by atoms with Crippen LogP contribution in [0, 0.1) is 0 Å². The Morgan fingerprint density at radius 2 is 1.93 bits per heavy atom. The van der Waals surface area contributed by atoms with E-state index in [0.717, 1.165) is 23.3 Å². The summed E-state index contributed by atoms with van der Waals surface area (Å²) in [6, 6.07) is 13.6. The third-order valence-electron chi connectivity index (χ3n) is 4.00. The van der Waals surface area contributed by atoms with Crippen LogP contribution in [0.2, 0.25) is 0 Å². The molecular formula is C19H22N2O4S2. The van der Waals surface area contributed by atoms with E-state index >= 15 is 0 Å². The number of nitrogens with one attached hydrogen (secondary N) is 1. The predicted molar refractivity (Wildman–Crippen MR) is 108 cm³/mol. The Morgan fingerprint density at radius 1 is 1.19 bits per heavy atom. The highest BCUT2D eigenvalue weighted by molar-refractivity contribution is 7.89. The summed E-state index contributed by atoms with van der Waals surface area (Å²) in [5, 5.41) is 0. The van der Waals surface area contributed by atoms with Gasteiger partial charge in [0.2, 0.25) is 10.0 Å². The molecule has 0 aliphatic rings. The lowest BCUT2D eigenvalue weighted by molar-refractivity contribution is 0.287. The molecule has 1 heterocycles. The molecule has 2 aromatic carbocycles. The number of thiazole rings is 1. The molecule has 1 atom stereocenters. The molecule has 0 aliphatic heterocycles. The number of aromatic nitrogens is 1. The average molecular weight is 407 g/mol. The minimum Gasteiger partial charge on any atom is -0.492 e. The second-order valence-electron chi connectivity index (χ2n) is 6.30. The Morgan fingerprint density at radius 3 is 2.63 bits per heavy atom. The van der Waals surface area contributed by atoms with E-state index in [4.69, 9.17) is 4.74 Å². The molecule has 144 valence electrons. The van der Waals surface area contributed by atoms with Crippen LogP contribution < -0.4 is 14.3 Å². The van der Waals surface area contributed by atoms with Crippen LogP contribution in [0.25, 0.3) is 10.2 Å². The summed E-state index contributed by atoms with van der Waals surface area (Å²) in [6.45, 7) is 4.58. The van der Waals surface area contributed by atoms with E-state index in [1.807, 2.05) is 37.3 Å². The largest absolute Gasteiger partial charge is 0.492 e. The number of hydrogen-bond donors (Lipinski definition) is 1. The summed E-state index contributed by atoms with van der Waals surface area (Å²) < 4.78 is 35.9. The van der Waals surface area contributed by atoms with Gasteiger partial charge >= 0.3 is 4.87 Å². The maximum Gasteiger partial charge on any atom is 0.308 e. The van der Waals surface area contributed by atoms with Gasteiger partial charge in [0.25, 0.3) is 0 Å². The van der Waals surface area contributed by atoms with E-state index in [0.29, 0.717) is 17.0 Å². The number of para-hydroxylation sites is 1. The summed E-state index contributed by atoms with van der Waals surface area (Å²) in [5.74, 6) is 0.687. The third kappa shape index (κ3) is 4.58. The highest BCUT2D eigenvalue weighted by Gasteiger charge is 2.19. The zero-order valence-electron chi connectivity index (χ0n) is 15.2. The summed E-state index contributed by atoms with van der Waals surface area (Å²) in [6.07, 6.45) is 0.840. The van der Waals surface area contributed by atoms with Crippen molar-refractivity contribution in [1.29, 1.82) is 0 Å². The molecule has 0 bridgehead atoms. The van der Waals surface area contributed by atoms with Crippen molar-refractivity contribution in [1.82, 2.24) is 9.29 Å². The molecule has 3 aromatic rings. The van der Waals surface area contributed by atoms with E-state index in [2.05, 4.69) is 4.72 Å². The zero-order valence-corrected chi connectivity index (χ0v) is 16.8. The maximum absolute atomic E-state index is 12.7. The first-order chi connectivity index (χ1) is 12.9. The fourth-order valence-corrected chi connectivity index (χ4v) is 5.04. The fraction of sp³-hybridized carbons (Fsp3) is 0.316. The fourth-order valence-electron chi connectivity index (χ4n) is 2.75. The summed E-state index contributed by atoms with van der Waals surface area (Å²) in [7, 11) is -3.71. The van der Waals surface area contributed by atoms with Crippen molar-refractivity contribution >= 4 is 31.6 Å². The monoisotopic (exact) mass is 406 g/mol. The molecule has 1 N–H and O–H groups in total. The van der Waals surface area contributed by atoms with E-state index in [1.54, 1.807) is 23.6 Å². The number of aryl methyl sites for hydroxylation is 1. The number of sulfonamides is 1. The van der Waals surface area contributed by atoms with E-state index in [-0.39, 0.29) is 16.4 Å². The molecule has 1 aromatic heterocycles. The Labute approximate surface area is 162 Å². The van der Waals surface area contributed by atoms with Gasteiger partial charge in [-0.1, -0.05) is 36.5 Å². The van der Waals surface area contributed by atoms with Gasteiger partial charge in [0.15, 0.2) is 0 Å². The molecule has 0 aliphatic carbocycles. The van der Waals surface area contributed by atoms with Gasteiger partial charge in [-0.05, 0) is 43.7 Å². The topological polar surface area (TPSA) is 77.4 Å². The molecule has 0 spiro atoms. The van der Waals surface area contributed by atoms with Gasteiger partial charge in [0, 0.05) is 6.54 Å². The molecule has 0 fully saturated rings. The van der Waals surface area contributed by atoms with Crippen molar-refractivity contribution in [2.45, 2.75) is 37.8 Å². The normalized spacial score (nSPS) is 13.0. The first-order valence-electron chi connectivity index (χ1n) is 8.74. The molecule has 3 rings (SSSR count). The quantitative estimate of drug-likeness (QED) is 0.623. The van der Waals surface area contributed by atoms with Gasteiger partial charge in [-0.25, -0.2) is 13.1 Å². The molecule has 27 heavy (non-hydrogen) atoms. The van der Waals surface area contributed by atoms with Gasteiger partial charge in [-0.15, -0.1) is 0 Å². The Bertz CT molecular complexity index is 1070. The van der Waals surface area contributed by atoms with Crippen molar-refractivity contribution in [2.24, 2.45) is 0 Å². The lowest BCUT2D eigenvalue weighted by atomic mass is 10.3. The van der Waals surface area contributed by atoms with E-state index in [1.165, 1.54) is 6.07 Å². The molecule has 0 radical (unpaired) electrons. The number of nitrogens with zero attached hydrogens (tertiary/aromatic N) is 1. The second-order valence-corrected chi connectivity index (χ2v) is 9.00. The Kier molecular flexibility index (Phi) is 5.98. The lowest BCUT2D eigenvalue weighted by Crippen LogP contribution is -2.36. The van der Waals surface area contributed by atoms with Crippen LogP contribution in [0.1, 0.15) is 20.3 Å². The van der Waals surface area contributed by atoms with Crippen LogP contribution in [0.3, 0.4) is 0 Å². The second kappa shape index (κ2) is 8.24. The maximum atomic E-state index is 12.7. The predicted octanol–water partition coefficient (Wildman–Crippen LogP) is 3.22. The van der Waals surface area contributed by atoms with Gasteiger partial charge in [0.05, 0.1) is 21.2 Å².